The Hall–Kier alpha value is -0.640. The Morgan fingerprint density at radius 3 is 2.76 bits per heavy atom. The minimum absolute atomic E-state index is 0.309. The second kappa shape index (κ2) is 6.34. The molecule has 0 aromatic carbocycles. The molecule has 0 saturated carbocycles. The predicted octanol–water partition coefficient (Wildman–Crippen LogP) is 2.48. The average Bonchev–Trinajstić information content (AvgIpc) is 2.36. The van der Waals surface area contributed by atoms with Crippen LogP contribution in [0.3, 0.4) is 0 Å². The van der Waals surface area contributed by atoms with Gasteiger partial charge in [0, 0.05) is 19.5 Å². The number of thiocarbonyl (C=S) groups is 1. The monoisotopic (exact) mass is 256 g/mol. The van der Waals surface area contributed by atoms with Gasteiger partial charge >= 0.3 is 0 Å². The summed E-state index contributed by atoms with van der Waals surface area (Å²) in [5.74, 6) is 0.311. The summed E-state index contributed by atoms with van der Waals surface area (Å²) in [5, 5.41) is 0. The Kier molecular flexibility index (Phi) is 5.37. The Balaban J connectivity index is 2.32. The third-order valence-electron chi connectivity index (χ3n) is 3.53. The summed E-state index contributed by atoms with van der Waals surface area (Å²) in [7, 11) is 0. The smallest absolute Gasteiger partial charge is 0.222 e. The van der Waals surface area contributed by atoms with E-state index >= 15 is 0 Å². The van der Waals surface area contributed by atoms with E-state index in [0.29, 0.717) is 22.7 Å². The zero-order valence-corrected chi connectivity index (χ0v) is 11.8. The highest BCUT2D eigenvalue weighted by Crippen LogP contribution is 2.30. The van der Waals surface area contributed by atoms with Crippen LogP contribution in [0.25, 0.3) is 0 Å². The van der Waals surface area contributed by atoms with Gasteiger partial charge in [-0.3, -0.25) is 4.79 Å². The van der Waals surface area contributed by atoms with Crippen LogP contribution < -0.4 is 5.73 Å². The van der Waals surface area contributed by atoms with Crippen LogP contribution in [0, 0.1) is 5.41 Å². The van der Waals surface area contributed by atoms with Crippen LogP contribution in [0.15, 0.2) is 0 Å². The zero-order chi connectivity index (χ0) is 12.9. The molecular formula is C13H24N2OS. The lowest BCUT2D eigenvalue weighted by Gasteiger charge is -2.23. The average molecular weight is 256 g/mol. The molecule has 0 radical (unpaired) electrons. The van der Waals surface area contributed by atoms with Crippen molar-refractivity contribution in [1.29, 1.82) is 0 Å². The van der Waals surface area contributed by atoms with Gasteiger partial charge < -0.3 is 10.6 Å². The van der Waals surface area contributed by atoms with Crippen LogP contribution in [0.4, 0.5) is 0 Å². The van der Waals surface area contributed by atoms with Crippen molar-refractivity contribution in [3.63, 3.8) is 0 Å². The molecule has 17 heavy (non-hydrogen) atoms. The number of amides is 1. The van der Waals surface area contributed by atoms with Crippen LogP contribution >= 0.6 is 12.2 Å². The van der Waals surface area contributed by atoms with E-state index < -0.39 is 0 Å². The number of likely N-dealkylation sites (tertiary alicyclic amines) is 1. The number of nitrogens with two attached hydrogens (primary N) is 1. The number of carbonyl (C=O) groups is 1. The van der Waals surface area contributed by atoms with Gasteiger partial charge in [-0.15, -0.1) is 0 Å². The molecule has 1 aliphatic heterocycles. The van der Waals surface area contributed by atoms with E-state index in [1.165, 1.54) is 0 Å². The van der Waals surface area contributed by atoms with E-state index in [2.05, 4.69) is 13.8 Å². The fraction of sp³-hybridized carbons (Fsp3) is 0.846. The highest BCUT2D eigenvalue weighted by molar-refractivity contribution is 7.80. The fourth-order valence-electron chi connectivity index (χ4n) is 2.13. The minimum atomic E-state index is 0.309. The molecule has 0 bridgehead atoms. The maximum atomic E-state index is 11.9. The Morgan fingerprint density at radius 1 is 1.41 bits per heavy atom. The van der Waals surface area contributed by atoms with Crippen molar-refractivity contribution in [3.05, 3.63) is 0 Å². The third kappa shape index (κ3) is 5.48. The first-order valence-electron chi connectivity index (χ1n) is 6.47. The number of rotatable bonds is 5. The minimum Gasteiger partial charge on any atom is -0.393 e. The molecule has 0 atom stereocenters. The first kappa shape index (κ1) is 14.4. The van der Waals surface area contributed by atoms with Crippen LogP contribution in [-0.2, 0) is 4.79 Å². The van der Waals surface area contributed by atoms with E-state index in [0.717, 1.165) is 45.2 Å². The molecule has 1 heterocycles. The number of carbonyl (C=O) groups excluding carboxylic acids is 1. The van der Waals surface area contributed by atoms with Gasteiger partial charge in [-0.1, -0.05) is 26.1 Å². The summed E-state index contributed by atoms with van der Waals surface area (Å²) < 4.78 is 0. The molecule has 1 aliphatic rings. The maximum absolute atomic E-state index is 11.9. The quantitative estimate of drug-likeness (QED) is 0.607. The van der Waals surface area contributed by atoms with Crippen LogP contribution in [0.2, 0.25) is 0 Å². The predicted molar refractivity (Wildman–Crippen MR) is 74.8 cm³/mol. The topological polar surface area (TPSA) is 46.3 Å². The van der Waals surface area contributed by atoms with Crippen molar-refractivity contribution in [2.24, 2.45) is 11.1 Å². The zero-order valence-electron chi connectivity index (χ0n) is 11.0. The van der Waals surface area contributed by atoms with Crippen molar-refractivity contribution in [2.75, 3.05) is 13.1 Å². The molecular weight excluding hydrogens is 232 g/mol. The molecule has 4 heteroatoms. The molecule has 1 rings (SSSR count). The lowest BCUT2D eigenvalue weighted by Crippen LogP contribution is -2.31. The Bertz CT molecular complexity index is 289. The molecule has 2 N–H and O–H groups in total. The number of hydrogen-bond acceptors (Lipinski definition) is 2. The van der Waals surface area contributed by atoms with E-state index in [9.17, 15) is 4.79 Å². The Morgan fingerprint density at radius 2 is 2.12 bits per heavy atom. The molecule has 1 amide bonds. The van der Waals surface area contributed by atoms with Gasteiger partial charge in [0.05, 0.1) is 4.99 Å². The van der Waals surface area contributed by atoms with Crippen molar-refractivity contribution in [3.8, 4) is 0 Å². The summed E-state index contributed by atoms with van der Waals surface area (Å²) in [6.07, 6.45) is 5.60. The summed E-state index contributed by atoms with van der Waals surface area (Å²) in [6, 6.07) is 0. The molecule has 0 unspecified atom stereocenters. The molecule has 0 spiro atoms. The van der Waals surface area contributed by atoms with Gasteiger partial charge in [-0.05, 0) is 37.5 Å². The normalized spacial score (nSPS) is 20.1. The molecule has 3 nitrogen and oxygen atoms in total. The summed E-state index contributed by atoms with van der Waals surface area (Å²) >= 11 is 4.84. The Labute approximate surface area is 110 Å². The number of unbranched alkanes of at least 4 members (excludes halogenated alkanes) is 1. The first-order valence-corrected chi connectivity index (χ1v) is 6.88. The fourth-order valence-corrected chi connectivity index (χ4v) is 2.27. The number of hydrogen-bond donors (Lipinski definition) is 1. The molecule has 0 aliphatic carbocycles. The summed E-state index contributed by atoms with van der Waals surface area (Å²) in [4.78, 5) is 14.5. The van der Waals surface area contributed by atoms with Crippen LogP contribution in [0.5, 0.6) is 0 Å². The van der Waals surface area contributed by atoms with Gasteiger partial charge in [0.1, 0.15) is 0 Å². The summed E-state index contributed by atoms with van der Waals surface area (Å²) in [6.45, 7) is 6.25. The molecule has 0 aromatic heterocycles. The highest BCUT2D eigenvalue weighted by atomic mass is 32.1. The SMILES string of the molecule is CC1(C)CCC(=O)N(CCCCC(N)=S)CC1. The van der Waals surface area contributed by atoms with Crippen LogP contribution in [-0.4, -0.2) is 28.9 Å². The van der Waals surface area contributed by atoms with E-state index in [-0.39, 0.29) is 0 Å². The van der Waals surface area contributed by atoms with Crippen molar-refractivity contribution in [1.82, 2.24) is 4.90 Å². The van der Waals surface area contributed by atoms with E-state index in [4.69, 9.17) is 18.0 Å². The van der Waals surface area contributed by atoms with E-state index in [1.807, 2.05) is 4.90 Å². The van der Waals surface area contributed by atoms with Gasteiger partial charge in [0.2, 0.25) is 5.91 Å². The lowest BCUT2D eigenvalue weighted by atomic mass is 9.85. The van der Waals surface area contributed by atoms with Gasteiger partial charge in [-0.2, -0.15) is 0 Å². The highest BCUT2D eigenvalue weighted by Gasteiger charge is 2.26. The summed E-state index contributed by atoms with van der Waals surface area (Å²) in [5.41, 5.74) is 5.76. The largest absolute Gasteiger partial charge is 0.393 e. The first-order chi connectivity index (χ1) is 7.91. The molecule has 98 valence electrons. The van der Waals surface area contributed by atoms with Crippen LogP contribution in [0.1, 0.15) is 52.4 Å². The second-order valence-corrected chi connectivity index (χ2v) is 6.24. The molecule has 0 aromatic rings. The van der Waals surface area contributed by atoms with Crippen molar-refractivity contribution >= 4 is 23.1 Å². The third-order valence-corrected chi connectivity index (χ3v) is 3.73. The number of nitrogens with zero attached hydrogens (tertiary/aromatic N) is 1. The van der Waals surface area contributed by atoms with Gasteiger partial charge in [0.15, 0.2) is 0 Å². The van der Waals surface area contributed by atoms with Crippen molar-refractivity contribution in [2.45, 2.75) is 52.4 Å². The standard InChI is InChI=1S/C13H24N2OS/c1-13(2)7-6-12(16)15(10-8-13)9-4-3-5-11(14)17/h3-10H2,1-2H3,(H2,14,17). The van der Waals surface area contributed by atoms with Gasteiger partial charge in [0.25, 0.3) is 0 Å². The lowest BCUT2D eigenvalue weighted by molar-refractivity contribution is -0.130. The maximum Gasteiger partial charge on any atom is 0.222 e. The van der Waals surface area contributed by atoms with E-state index in [1.54, 1.807) is 0 Å². The second-order valence-electron chi connectivity index (χ2n) is 5.72. The molecule has 1 fully saturated rings. The van der Waals surface area contributed by atoms with Gasteiger partial charge in [-0.25, -0.2) is 0 Å². The molecule has 1 saturated heterocycles. The van der Waals surface area contributed by atoms with Crippen molar-refractivity contribution < 1.29 is 4.79 Å².